The average Bonchev–Trinajstić information content (AvgIpc) is 3.29. The molecule has 0 saturated carbocycles. The lowest BCUT2D eigenvalue weighted by Gasteiger charge is -2.36. The Kier molecular flexibility index (Phi) is 11.3. The Morgan fingerprint density at radius 2 is 1.77 bits per heavy atom. The lowest BCUT2D eigenvalue weighted by molar-refractivity contribution is 0.169. The van der Waals surface area contributed by atoms with Gasteiger partial charge in [-0.2, -0.15) is 0 Å². The Labute approximate surface area is 203 Å². The second kappa shape index (κ2) is 13.7. The van der Waals surface area contributed by atoms with Crippen LogP contribution in [0.1, 0.15) is 37.6 Å². The van der Waals surface area contributed by atoms with Crippen LogP contribution in [0.5, 0.6) is 0 Å². The molecule has 0 atom stereocenters. The molecular formula is C23H37IN6O. The number of halogens is 1. The summed E-state index contributed by atoms with van der Waals surface area (Å²) < 4.78 is 4.95. The summed E-state index contributed by atoms with van der Waals surface area (Å²) in [5.74, 6) is 1.01. The molecule has 0 spiro atoms. The second-order valence-electron chi connectivity index (χ2n) is 7.65. The van der Waals surface area contributed by atoms with Gasteiger partial charge in [-0.3, -0.25) is 9.80 Å². The normalized spacial score (nSPS) is 15.2. The van der Waals surface area contributed by atoms with E-state index in [2.05, 4.69) is 70.2 Å². The van der Waals surface area contributed by atoms with E-state index in [1.54, 1.807) is 6.26 Å². The smallest absolute Gasteiger partial charge is 0.194 e. The second-order valence-corrected chi connectivity index (χ2v) is 7.65. The van der Waals surface area contributed by atoms with Crippen LogP contribution in [0.15, 0.2) is 46.1 Å². The number of hydrogen-bond acceptors (Lipinski definition) is 5. The first-order valence-electron chi connectivity index (χ1n) is 11.2. The predicted octanol–water partition coefficient (Wildman–Crippen LogP) is 3.42. The van der Waals surface area contributed by atoms with Crippen LogP contribution in [-0.2, 0) is 19.6 Å². The van der Waals surface area contributed by atoms with E-state index in [0.717, 1.165) is 70.6 Å². The highest BCUT2D eigenvalue weighted by Crippen LogP contribution is 2.14. The third-order valence-electron chi connectivity index (χ3n) is 5.69. The molecule has 31 heavy (non-hydrogen) atoms. The highest BCUT2D eigenvalue weighted by molar-refractivity contribution is 14.0. The van der Waals surface area contributed by atoms with Crippen LogP contribution >= 0.6 is 24.0 Å². The summed E-state index contributed by atoms with van der Waals surface area (Å²) in [6.45, 7) is 16.0. The summed E-state index contributed by atoms with van der Waals surface area (Å²) in [5.41, 5.74) is 3.68. The van der Waals surface area contributed by atoms with Crippen LogP contribution in [0.4, 0.5) is 0 Å². The number of aromatic nitrogens is 1. The van der Waals surface area contributed by atoms with Gasteiger partial charge in [0.1, 0.15) is 6.26 Å². The van der Waals surface area contributed by atoms with Gasteiger partial charge >= 0.3 is 0 Å². The zero-order chi connectivity index (χ0) is 21.2. The molecule has 0 amide bonds. The molecule has 2 heterocycles. The lowest BCUT2D eigenvalue weighted by Crippen LogP contribution is -2.52. The Hall–Kier alpha value is -1.65. The Bertz CT molecular complexity index is 770. The molecule has 2 aromatic rings. The van der Waals surface area contributed by atoms with Gasteiger partial charge in [0.25, 0.3) is 0 Å². The van der Waals surface area contributed by atoms with Crippen LogP contribution < -0.4 is 5.32 Å². The Balaban J connectivity index is 0.00000341. The zero-order valence-electron chi connectivity index (χ0n) is 19.1. The molecule has 172 valence electrons. The van der Waals surface area contributed by atoms with Crippen molar-refractivity contribution in [2.24, 2.45) is 4.99 Å². The highest BCUT2D eigenvalue weighted by atomic mass is 127. The molecule has 8 heteroatoms. The van der Waals surface area contributed by atoms with Crippen LogP contribution in [-0.4, -0.2) is 71.6 Å². The molecule has 3 rings (SSSR count). The maximum atomic E-state index is 4.99. The molecule has 1 fully saturated rings. The lowest BCUT2D eigenvalue weighted by atomic mass is 10.1. The van der Waals surface area contributed by atoms with E-state index in [9.17, 15) is 0 Å². The van der Waals surface area contributed by atoms with Crippen molar-refractivity contribution in [2.45, 2.75) is 40.4 Å². The van der Waals surface area contributed by atoms with E-state index in [-0.39, 0.29) is 24.0 Å². The van der Waals surface area contributed by atoms with Gasteiger partial charge < -0.3 is 14.7 Å². The topological polar surface area (TPSA) is 60.1 Å². The van der Waals surface area contributed by atoms with E-state index < -0.39 is 0 Å². The van der Waals surface area contributed by atoms with Crippen LogP contribution in [0.3, 0.4) is 0 Å². The summed E-state index contributed by atoms with van der Waals surface area (Å²) in [7, 11) is 0. The first-order chi connectivity index (χ1) is 14.7. The predicted molar refractivity (Wildman–Crippen MR) is 137 cm³/mol. The van der Waals surface area contributed by atoms with Crippen molar-refractivity contribution in [3.63, 3.8) is 0 Å². The maximum absolute atomic E-state index is 4.99. The highest BCUT2D eigenvalue weighted by Gasteiger charge is 2.20. The van der Waals surface area contributed by atoms with Gasteiger partial charge in [-0.25, -0.2) is 4.99 Å². The van der Waals surface area contributed by atoms with E-state index in [4.69, 9.17) is 9.52 Å². The van der Waals surface area contributed by atoms with Crippen molar-refractivity contribution < 1.29 is 4.52 Å². The van der Waals surface area contributed by atoms with Gasteiger partial charge in [0.05, 0.1) is 12.2 Å². The minimum absolute atomic E-state index is 0. The van der Waals surface area contributed by atoms with Gasteiger partial charge in [0.2, 0.25) is 0 Å². The summed E-state index contributed by atoms with van der Waals surface area (Å²) >= 11 is 0. The molecule has 1 aliphatic heterocycles. The number of nitrogens with zero attached hydrogens (tertiary/aromatic N) is 5. The molecule has 7 nitrogen and oxygen atoms in total. The van der Waals surface area contributed by atoms with Crippen molar-refractivity contribution >= 4 is 29.9 Å². The minimum atomic E-state index is 0. The molecule has 1 aromatic heterocycles. The number of hydrogen-bond donors (Lipinski definition) is 1. The molecule has 0 aliphatic carbocycles. The molecule has 0 radical (unpaired) electrons. The van der Waals surface area contributed by atoms with Crippen molar-refractivity contribution in [3.8, 4) is 0 Å². The fraction of sp³-hybridized carbons (Fsp3) is 0.565. The first-order valence-corrected chi connectivity index (χ1v) is 11.2. The van der Waals surface area contributed by atoms with Crippen molar-refractivity contribution in [1.82, 2.24) is 25.2 Å². The number of aliphatic imine (C=N–C) groups is 1. The van der Waals surface area contributed by atoms with Crippen molar-refractivity contribution in [2.75, 3.05) is 45.8 Å². The Morgan fingerprint density at radius 3 is 2.39 bits per heavy atom. The SMILES string of the molecule is CCNC(=NCc1ccccc1CN(CC)CC)N1CCN(Cc2ccon2)CC1.I. The third kappa shape index (κ3) is 7.76. The average molecular weight is 540 g/mol. The molecular weight excluding hydrogens is 503 g/mol. The van der Waals surface area contributed by atoms with Crippen LogP contribution in [0.25, 0.3) is 0 Å². The van der Waals surface area contributed by atoms with E-state index in [0.29, 0.717) is 6.54 Å². The monoisotopic (exact) mass is 540 g/mol. The Morgan fingerprint density at radius 1 is 1.06 bits per heavy atom. The van der Waals surface area contributed by atoms with Crippen LogP contribution in [0, 0.1) is 0 Å². The zero-order valence-corrected chi connectivity index (χ0v) is 21.4. The summed E-state index contributed by atoms with van der Waals surface area (Å²) in [6.07, 6.45) is 1.64. The maximum Gasteiger partial charge on any atom is 0.194 e. The molecule has 1 saturated heterocycles. The standard InChI is InChI=1S/C23H36N6O.HI/c1-4-24-23(29-14-12-28(13-15-29)19-22-11-16-30-26-22)25-17-20-9-7-8-10-21(20)18-27(5-2)6-3;/h7-11,16H,4-6,12-15,17-19H2,1-3H3,(H,24,25);1H. The summed E-state index contributed by atoms with van der Waals surface area (Å²) in [4.78, 5) is 12.2. The minimum Gasteiger partial charge on any atom is -0.364 e. The quantitative estimate of drug-likeness (QED) is 0.299. The van der Waals surface area contributed by atoms with Gasteiger partial charge in [-0.1, -0.05) is 43.3 Å². The van der Waals surface area contributed by atoms with E-state index in [1.165, 1.54) is 11.1 Å². The van der Waals surface area contributed by atoms with Crippen molar-refractivity contribution in [3.05, 3.63) is 53.4 Å². The summed E-state index contributed by atoms with van der Waals surface area (Å²) in [5, 5.41) is 7.51. The number of benzene rings is 1. The van der Waals surface area contributed by atoms with Gasteiger partial charge in [0, 0.05) is 51.9 Å². The number of guanidine groups is 1. The molecule has 0 bridgehead atoms. The van der Waals surface area contributed by atoms with Gasteiger partial charge in [-0.15, -0.1) is 24.0 Å². The molecule has 1 N–H and O–H groups in total. The number of nitrogens with one attached hydrogen (secondary N) is 1. The fourth-order valence-corrected chi connectivity index (χ4v) is 3.81. The van der Waals surface area contributed by atoms with Crippen molar-refractivity contribution in [1.29, 1.82) is 0 Å². The third-order valence-corrected chi connectivity index (χ3v) is 5.69. The molecule has 1 aromatic carbocycles. The number of rotatable bonds is 9. The van der Waals surface area contributed by atoms with Gasteiger partial charge in [0.15, 0.2) is 5.96 Å². The summed E-state index contributed by atoms with van der Waals surface area (Å²) in [6, 6.07) is 10.6. The van der Waals surface area contributed by atoms with Gasteiger partial charge in [-0.05, 0) is 31.1 Å². The van der Waals surface area contributed by atoms with Crippen LogP contribution in [0.2, 0.25) is 0 Å². The fourth-order valence-electron chi connectivity index (χ4n) is 3.81. The largest absolute Gasteiger partial charge is 0.364 e. The van der Waals surface area contributed by atoms with E-state index in [1.807, 2.05) is 6.07 Å². The first kappa shape index (κ1) is 25.6. The molecule has 0 unspecified atom stereocenters. The molecule has 1 aliphatic rings. The number of piperazine rings is 1. The van der Waals surface area contributed by atoms with E-state index >= 15 is 0 Å².